The first kappa shape index (κ1) is 12.0. The molecular formula is C16H24N2. The highest BCUT2D eigenvalue weighted by Gasteiger charge is 2.30. The van der Waals surface area contributed by atoms with Crippen LogP contribution in [0.1, 0.15) is 36.0 Å². The Kier molecular flexibility index (Phi) is 3.06. The van der Waals surface area contributed by atoms with Crippen molar-refractivity contribution in [2.45, 2.75) is 52.1 Å². The van der Waals surface area contributed by atoms with Gasteiger partial charge in [0.15, 0.2) is 0 Å². The molecule has 2 nitrogen and oxygen atoms in total. The monoisotopic (exact) mass is 244 g/mol. The summed E-state index contributed by atoms with van der Waals surface area (Å²) in [5.41, 5.74) is 5.71. The number of nitrogens with zero attached hydrogens (tertiary/aromatic N) is 1. The maximum Gasteiger partial charge on any atom is 0.0426 e. The molecule has 1 aliphatic carbocycles. The molecule has 0 amide bonds. The normalized spacial score (nSPS) is 23.7. The molecule has 98 valence electrons. The molecule has 0 bridgehead atoms. The number of benzene rings is 1. The Bertz CT molecular complexity index is 425. The van der Waals surface area contributed by atoms with Gasteiger partial charge in [-0.1, -0.05) is 17.7 Å². The van der Waals surface area contributed by atoms with E-state index in [1.807, 2.05) is 0 Å². The summed E-state index contributed by atoms with van der Waals surface area (Å²) in [6.07, 6.45) is 4.07. The maximum atomic E-state index is 3.76. The van der Waals surface area contributed by atoms with E-state index < -0.39 is 0 Å². The van der Waals surface area contributed by atoms with Crippen LogP contribution in [-0.4, -0.2) is 25.2 Å². The summed E-state index contributed by atoms with van der Waals surface area (Å²) in [5, 5.41) is 3.76. The van der Waals surface area contributed by atoms with Crippen LogP contribution < -0.4 is 10.2 Å². The standard InChI is InChI=1S/C16H24N2/c1-11-8-12(2)16(13(3)9-11)18-7-6-15(10-18)17-14-4-5-14/h8-9,14-15,17H,4-7,10H2,1-3H3. The molecule has 3 rings (SSSR count). The highest BCUT2D eigenvalue weighted by atomic mass is 15.2. The number of hydrogen-bond donors (Lipinski definition) is 1. The lowest BCUT2D eigenvalue weighted by atomic mass is 10.0. The molecule has 1 unspecified atom stereocenters. The van der Waals surface area contributed by atoms with Gasteiger partial charge >= 0.3 is 0 Å². The van der Waals surface area contributed by atoms with E-state index in [-0.39, 0.29) is 0 Å². The Labute approximate surface area is 110 Å². The third kappa shape index (κ3) is 2.39. The van der Waals surface area contributed by atoms with E-state index in [0.29, 0.717) is 6.04 Å². The number of hydrogen-bond acceptors (Lipinski definition) is 2. The molecule has 2 aliphatic rings. The smallest absolute Gasteiger partial charge is 0.0426 e. The first-order valence-corrected chi connectivity index (χ1v) is 7.22. The SMILES string of the molecule is Cc1cc(C)c(N2CCC(NC3CC3)C2)c(C)c1. The number of aryl methyl sites for hydroxylation is 3. The number of rotatable bonds is 3. The van der Waals surface area contributed by atoms with Crippen molar-refractivity contribution in [1.29, 1.82) is 0 Å². The van der Waals surface area contributed by atoms with E-state index in [2.05, 4.69) is 43.1 Å². The Balaban J connectivity index is 1.75. The summed E-state index contributed by atoms with van der Waals surface area (Å²) in [4.78, 5) is 2.57. The molecule has 0 spiro atoms. The Morgan fingerprint density at radius 2 is 1.67 bits per heavy atom. The van der Waals surface area contributed by atoms with Crippen molar-refractivity contribution in [2.75, 3.05) is 18.0 Å². The molecule has 18 heavy (non-hydrogen) atoms. The largest absolute Gasteiger partial charge is 0.369 e. The zero-order valence-corrected chi connectivity index (χ0v) is 11.8. The molecule has 2 fully saturated rings. The van der Waals surface area contributed by atoms with Gasteiger partial charge in [0.25, 0.3) is 0 Å². The van der Waals surface area contributed by atoms with E-state index >= 15 is 0 Å². The molecule has 1 heterocycles. The van der Waals surface area contributed by atoms with E-state index in [4.69, 9.17) is 0 Å². The van der Waals surface area contributed by atoms with Gasteiger partial charge in [-0.15, -0.1) is 0 Å². The van der Waals surface area contributed by atoms with E-state index in [9.17, 15) is 0 Å². The van der Waals surface area contributed by atoms with Crippen LogP contribution in [0.2, 0.25) is 0 Å². The van der Waals surface area contributed by atoms with Crippen LogP contribution in [0, 0.1) is 20.8 Å². The summed E-state index contributed by atoms with van der Waals surface area (Å²) in [6.45, 7) is 9.07. The second-order valence-electron chi connectivity index (χ2n) is 6.12. The predicted octanol–water partition coefficient (Wildman–Crippen LogP) is 2.94. The van der Waals surface area contributed by atoms with E-state index in [0.717, 1.165) is 6.04 Å². The molecule has 0 aromatic heterocycles. The summed E-state index contributed by atoms with van der Waals surface area (Å²) in [7, 11) is 0. The maximum absolute atomic E-state index is 3.76. The predicted molar refractivity (Wildman–Crippen MR) is 77.4 cm³/mol. The lowest BCUT2D eigenvalue weighted by molar-refractivity contribution is 0.548. The number of anilines is 1. The zero-order chi connectivity index (χ0) is 12.7. The van der Waals surface area contributed by atoms with Crippen LogP contribution in [0.3, 0.4) is 0 Å². The fourth-order valence-corrected chi connectivity index (χ4v) is 3.35. The minimum absolute atomic E-state index is 0.706. The van der Waals surface area contributed by atoms with Gasteiger partial charge in [0, 0.05) is 30.9 Å². The van der Waals surface area contributed by atoms with Crippen LogP contribution in [0.25, 0.3) is 0 Å². The van der Waals surface area contributed by atoms with E-state index in [1.54, 1.807) is 0 Å². The topological polar surface area (TPSA) is 15.3 Å². The highest BCUT2D eigenvalue weighted by molar-refractivity contribution is 5.61. The first-order valence-electron chi connectivity index (χ1n) is 7.22. The fraction of sp³-hybridized carbons (Fsp3) is 0.625. The summed E-state index contributed by atoms with van der Waals surface area (Å²) < 4.78 is 0. The summed E-state index contributed by atoms with van der Waals surface area (Å²) in [5.74, 6) is 0. The molecule has 0 radical (unpaired) electrons. The van der Waals surface area contributed by atoms with Gasteiger partial charge in [-0.3, -0.25) is 0 Å². The van der Waals surface area contributed by atoms with Crippen LogP contribution in [0.5, 0.6) is 0 Å². The van der Waals surface area contributed by atoms with Crippen molar-refractivity contribution >= 4 is 5.69 Å². The first-order chi connectivity index (χ1) is 8.63. The fourth-order valence-electron chi connectivity index (χ4n) is 3.35. The second kappa shape index (κ2) is 4.58. The zero-order valence-electron chi connectivity index (χ0n) is 11.8. The molecule has 1 aliphatic heterocycles. The van der Waals surface area contributed by atoms with Crippen molar-refractivity contribution in [3.8, 4) is 0 Å². The van der Waals surface area contributed by atoms with Gasteiger partial charge in [-0.25, -0.2) is 0 Å². The molecule has 1 atom stereocenters. The molecular weight excluding hydrogens is 220 g/mol. The van der Waals surface area contributed by atoms with Crippen molar-refractivity contribution in [1.82, 2.24) is 5.32 Å². The average Bonchev–Trinajstić information content (AvgIpc) is 2.96. The Morgan fingerprint density at radius 1 is 1.00 bits per heavy atom. The second-order valence-corrected chi connectivity index (χ2v) is 6.12. The van der Waals surface area contributed by atoms with Gasteiger partial charge in [0.2, 0.25) is 0 Å². The molecule has 1 N–H and O–H groups in total. The third-order valence-corrected chi connectivity index (χ3v) is 4.19. The molecule has 2 heteroatoms. The van der Waals surface area contributed by atoms with Gasteiger partial charge in [-0.05, 0) is 51.2 Å². The van der Waals surface area contributed by atoms with Crippen LogP contribution in [0.15, 0.2) is 12.1 Å². The third-order valence-electron chi connectivity index (χ3n) is 4.19. The molecule has 1 saturated carbocycles. The molecule has 1 saturated heterocycles. The van der Waals surface area contributed by atoms with Crippen molar-refractivity contribution in [3.05, 3.63) is 28.8 Å². The minimum Gasteiger partial charge on any atom is -0.369 e. The van der Waals surface area contributed by atoms with Crippen LogP contribution >= 0.6 is 0 Å². The van der Waals surface area contributed by atoms with Gasteiger partial charge in [0.1, 0.15) is 0 Å². The van der Waals surface area contributed by atoms with E-state index in [1.165, 1.54) is 54.7 Å². The quantitative estimate of drug-likeness (QED) is 0.879. The molecule has 1 aromatic rings. The highest BCUT2D eigenvalue weighted by Crippen LogP contribution is 2.30. The summed E-state index contributed by atoms with van der Waals surface area (Å²) >= 11 is 0. The Hall–Kier alpha value is -1.02. The van der Waals surface area contributed by atoms with Crippen molar-refractivity contribution < 1.29 is 0 Å². The summed E-state index contributed by atoms with van der Waals surface area (Å²) in [6, 6.07) is 6.15. The van der Waals surface area contributed by atoms with Crippen molar-refractivity contribution in [2.24, 2.45) is 0 Å². The minimum atomic E-state index is 0.706. The lowest BCUT2D eigenvalue weighted by Crippen LogP contribution is -2.34. The van der Waals surface area contributed by atoms with Gasteiger partial charge < -0.3 is 10.2 Å². The van der Waals surface area contributed by atoms with Crippen molar-refractivity contribution in [3.63, 3.8) is 0 Å². The lowest BCUT2D eigenvalue weighted by Gasteiger charge is -2.24. The van der Waals surface area contributed by atoms with Crippen LogP contribution in [0.4, 0.5) is 5.69 Å². The van der Waals surface area contributed by atoms with Crippen LogP contribution in [-0.2, 0) is 0 Å². The average molecular weight is 244 g/mol. The molecule has 1 aromatic carbocycles. The Morgan fingerprint density at radius 3 is 2.28 bits per heavy atom. The van der Waals surface area contributed by atoms with Gasteiger partial charge in [0.05, 0.1) is 0 Å². The number of nitrogens with one attached hydrogen (secondary N) is 1. The van der Waals surface area contributed by atoms with Gasteiger partial charge in [-0.2, -0.15) is 0 Å².